The van der Waals surface area contributed by atoms with Crippen molar-refractivity contribution in [3.8, 4) is 5.75 Å². The van der Waals surface area contributed by atoms with Gasteiger partial charge in [-0.15, -0.1) is 24.0 Å². The first-order valence-electron chi connectivity index (χ1n) is 9.31. The van der Waals surface area contributed by atoms with E-state index < -0.39 is 5.97 Å². The fourth-order valence-electron chi connectivity index (χ4n) is 3.31. The number of aliphatic imine (C=N–C) groups is 1. The molecule has 1 N–H and O–H groups in total. The van der Waals surface area contributed by atoms with Crippen LogP contribution in [0.15, 0.2) is 23.2 Å². The lowest BCUT2D eigenvalue weighted by Crippen LogP contribution is -2.40. The molecule has 0 saturated carbocycles. The van der Waals surface area contributed by atoms with Crippen molar-refractivity contribution in [2.45, 2.75) is 20.4 Å². The average molecular weight is 519 g/mol. The van der Waals surface area contributed by atoms with E-state index in [-0.39, 0.29) is 41.8 Å². The molecule has 0 amide bonds. The Bertz CT molecular complexity index is 741. The SMILES string of the molecule is CCNC(=NCc1ccc(OC)c(C(=O)OC)c1)N1CC(C)C(C(=O)OC)C1.I. The first-order valence-corrected chi connectivity index (χ1v) is 9.31. The van der Waals surface area contributed by atoms with Gasteiger partial charge in [0.1, 0.15) is 11.3 Å². The predicted octanol–water partition coefficient (Wildman–Crippen LogP) is 2.31. The van der Waals surface area contributed by atoms with Gasteiger partial charge in [-0.3, -0.25) is 4.79 Å². The van der Waals surface area contributed by atoms with Crippen LogP contribution in [0.25, 0.3) is 0 Å². The van der Waals surface area contributed by atoms with E-state index in [1.165, 1.54) is 21.3 Å². The molecule has 1 aromatic rings. The molecule has 29 heavy (non-hydrogen) atoms. The van der Waals surface area contributed by atoms with Gasteiger partial charge in [0.05, 0.1) is 33.8 Å². The highest BCUT2D eigenvalue weighted by atomic mass is 127. The maximum Gasteiger partial charge on any atom is 0.341 e. The minimum absolute atomic E-state index is 0. The largest absolute Gasteiger partial charge is 0.496 e. The monoisotopic (exact) mass is 519 g/mol. The van der Waals surface area contributed by atoms with Gasteiger partial charge < -0.3 is 24.4 Å². The standard InChI is InChI=1S/C20H29N3O5.HI/c1-6-21-20(23-11-13(2)16(12-23)19(25)28-5)22-10-14-7-8-17(26-3)15(9-14)18(24)27-4;/h7-9,13,16H,6,10-12H2,1-5H3,(H,21,22);1H. The van der Waals surface area contributed by atoms with Gasteiger partial charge in [0.2, 0.25) is 0 Å². The number of benzene rings is 1. The van der Waals surface area contributed by atoms with E-state index >= 15 is 0 Å². The molecule has 1 saturated heterocycles. The Hall–Kier alpha value is -2.04. The fourth-order valence-corrected chi connectivity index (χ4v) is 3.31. The molecule has 2 rings (SSSR count). The maximum absolute atomic E-state index is 12.0. The predicted molar refractivity (Wildman–Crippen MR) is 121 cm³/mol. The maximum atomic E-state index is 12.0. The second kappa shape index (κ2) is 11.8. The lowest BCUT2D eigenvalue weighted by molar-refractivity contribution is -0.145. The average Bonchev–Trinajstić information content (AvgIpc) is 3.11. The molecule has 2 unspecified atom stereocenters. The van der Waals surface area contributed by atoms with Crippen molar-refractivity contribution in [2.75, 3.05) is 41.0 Å². The van der Waals surface area contributed by atoms with Gasteiger partial charge >= 0.3 is 11.9 Å². The lowest BCUT2D eigenvalue weighted by atomic mass is 9.99. The Labute approximate surface area is 189 Å². The van der Waals surface area contributed by atoms with Crippen molar-refractivity contribution < 1.29 is 23.8 Å². The minimum Gasteiger partial charge on any atom is -0.496 e. The van der Waals surface area contributed by atoms with Crippen molar-refractivity contribution >= 4 is 41.9 Å². The number of hydrogen-bond acceptors (Lipinski definition) is 6. The number of methoxy groups -OCH3 is 3. The number of ether oxygens (including phenoxy) is 3. The van der Waals surface area contributed by atoms with Crippen molar-refractivity contribution in [1.82, 2.24) is 10.2 Å². The zero-order valence-corrected chi connectivity index (χ0v) is 19.9. The van der Waals surface area contributed by atoms with Gasteiger partial charge in [0.15, 0.2) is 5.96 Å². The highest BCUT2D eigenvalue weighted by molar-refractivity contribution is 14.0. The number of rotatable bonds is 6. The van der Waals surface area contributed by atoms with Crippen molar-refractivity contribution in [1.29, 1.82) is 0 Å². The number of nitrogens with one attached hydrogen (secondary N) is 1. The van der Waals surface area contributed by atoms with Gasteiger partial charge in [-0.25, -0.2) is 9.79 Å². The fraction of sp³-hybridized carbons (Fsp3) is 0.550. The van der Waals surface area contributed by atoms with Crippen molar-refractivity contribution in [3.63, 3.8) is 0 Å². The topological polar surface area (TPSA) is 89.5 Å². The molecule has 0 bridgehead atoms. The van der Waals surface area contributed by atoms with E-state index in [4.69, 9.17) is 14.2 Å². The smallest absolute Gasteiger partial charge is 0.341 e. The van der Waals surface area contributed by atoms with Gasteiger partial charge in [-0.05, 0) is 30.5 Å². The molecule has 9 heteroatoms. The minimum atomic E-state index is -0.455. The molecule has 1 heterocycles. The third kappa shape index (κ3) is 6.22. The third-order valence-corrected chi connectivity index (χ3v) is 4.83. The van der Waals surface area contributed by atoms with Gasteiger partial charge in [0, 0.05) is 19.6 Å². The molecule has 1 fully saturated rings. The Morgan fingerprint density at radius 1 is 1.21 bits per heavy atom. The summed E-state index contributed by atoms with van der Waals surface area (Å²) in [5.74, 6) is 0.563. The van der Waals surface area contributed by atoms with E-state index in [0.29, 0.717) is 30.9 Å². The number of carbonyl (C=O) groups is 2. The van der Waals surface area contributed by atoms with Gasteiger partial charge in [-0.2, -0.15) is 0 Å². The van der Waals surface area contributed by atoms with Crippen molar-refractivity contribution in [2.24, 2.45) is 16.8 Å². The number of carbonyl (C=O) groups excluding carboxylic acids is 2. The van der Waals surface area contributed by atoms with E-state index in [9.17, 15) is 9.59 Å². The highest BCUT2D eigenvalue weighted by Crippen LogP contribution is 2.25. The second-order valence-corrected chi connectivity index (χ2v) is 6.71. The van der Waals surface area contributed by atoms with Crippen LogP contribution in [0, 0.1) is 11.8 Å². The first kappa shape index (κ1) is 25.0. The number of likely N-dealkylation sites (tertiary alicyclic amines) is 1. The number of halogens is 1. The van der Waals surface area contributed by atoms with Crippen LogP contribution in [0.4, 0.5) is 0 Å². The molecule has 1 aromatic carbocycles. The molecule has 1 aliphatic rings. The van der Waals surface area contributed by atoms with Crippen LogP contribution in [0.5, 0.6) is 5.75 Å². The molecule has 0 aromatic heterocycles. The van der Waals surface area contributed by atoms with E-state index in [1.54, 1.807) is 12.1 Å². The van der Waals surface area contributed by atoms with Crippen LogP contribution in [-0.4, -0.2) is 63.8 Å². The summed E-state index contributed by atoms with van der Waals surface area (Å²) < 4.78 is 14.9. The second-order valence-electron chi connectivity index (χ2n) is 6.71. The van der Waals surface area contributed by atoms with Crippen molar-refractivity contribution in [3.05, 3.63) is 29.3 Å². The van der Waals surface area contributed by atoms with Crippen LogP contribution >= 0.6 is 24.0 Å². The summed E-state index contributed by atoms with van der Waals surface area (Å²) in [4.78, 5) is 30.7. The lowest BCUT2D eigenvalue weighted by Gasteiger charge is -2.21. The molecule has 2 atom stereocenters. The zero-order chi connectivity index (χ0) is 20.7. The first-order chi connectivity index (χ1) is 13.4. The number of esters is 2. The van der Waals surface area contributed by atoms with Crippen LogP contribution in [0.1, 0.15) is 29.8 Å². The summed E-state index contributed by atoms with van der Waals surface area (Å²) in [6.45, 7) is 6.41. The molecular weight excluding hydrogens is 489 g/mol. The summed E-state index contributed by atoms with van der Waals surface area (Å²) in [5.41, 5.74) is 1.22. The highest BCUT2D eigenvalue weighted by Gasteiger charge is 2.36. The number of hydrogen-bond donors (Lipinski definition) is 1. The van der Waals surface area contributed by atoms with Crippen LogP contribution in [-0.2, 0) is 20.8 Å². The normalized spacial score (nSPS) is 18.7. The Kier molecular flexibility index (Phi) is 10.2. The molecular formula is C20H30IN3O5. The number of nitrogens with zero attached hydrogens (tertiary/aromatic N) is 2. The van der Waals surface area contributed by atoms with Crippen LogP contribution in [0.3, 0.4) is 0 Å². The summed E-state index contributed by atoms with van der Waals surface area (Å²) in [5, 5.41) is 3.27. The Morgan fingerprint density at radius 2 is 1.93 bits per heavy atom. The molecule has 0 radical (unpaired) electrons. The van der Waals surface area contributed by atoms with E-state index in [2.05, 4.69) is 15.2 Å². The number of guanidine groups is 1. The molecule has 8 nitrogen and oxygen atoms in total. The quantitative estimate of drug-likeness (QED) is 0.267. The Morgan fingerprint density at radius 3 is 2.52 bits per heavy atom. The molecule has 1 aliphatic heterocycles. The van der Waals surface area contributed by atoms with Gasteiger partial charge in [0.25, 0.3) is 0 Å². The van der Waals surface area contributed by atoms with E-state index in [0.717, 1.165) is 18.1 Å². The summed E-state index contributed by atoms with van der Waals surface area (Å²) >= 11 is 0. The zero-order valence-electron chi connectivity index (χ0n) is 17.6. The summed E-state index contributed by atoms with van der Waals surface area (Å²) in [6.07, 6.45) is 0. The van der Waals surface area contributed by atoms with E-state index in [1.807, 2.05) is 19.9 Å². The summed E-state index contributed by atoms with van der Waals surface area (Å²) in [7, 11) is 4.26. The molecule has 0 spiro atoms. The Balaban J connectivity index is 0.00000420. The van der Waals surface area contributed by atoms with Gasteiger partial charge in [-0.1, -0.05) is 13.0 Å². The summed E-state index contributed by atoms with van der Waals surface area (Å²) in [6, 6.07) is 5.32. The molecule has 0 aliphatic carbocycles. The third-order valence-electron chi connectivity index (χ3n) is 4.83. The molecule has 162 valence electrons. The van der Waals surface area contributed by atoms with Crippen LogP contribution in [0.2, 0.25) is 0 Å². The van der Waals surface area contributed by atoms with Crippen LogP contribution < -0.4 is 10.1 Å².